The van der Waals surface area contributed by atoms with Crippen molar-refractivity contribution in [2.24, 2.45) is 0 Å². The minimum Gasteiger partial charge on any atom is -0.356 e. The van der Waals surface area contributed by atoms with Crippen LogP contribution < -0.4 is 5.32 Å². The lowest BCUT2D eigenvalue weighted by Gasteiger charge is -2.03. The fourth-order valence-corrected chi connectivity index (χ4v) is 2.35. The molecule has 4 heteroatoms. The van der Waals surface area contributed by atoms with E-state index in [1.165, 1.54) is 5.56 Å². The molecule has 15 heavy (non-hydrogen) atoms. The van der Waals surface area contributed by atoms with Gasteiger partial charge < -0.3 is 5.32 Å². The topological polar surface area (TPSA) is 29.1 Å². The molecule has 0 aromatic carbocycles. The second kappa shape index (κ2) is 7.88. The Bertz CT molecular complexity index is 274. The first-order chi connectivity index (χ1) is 7.33. The van der Waals surface area contributed by atoms with Gasteiger partial charge >= 0.3 is 0 Å². The summed E-state index contributed by atoms with van der Waals surface area (Å²) in [4.78, 5) is 11.3. The van der Waals surface area contributed by atoms with E-state index in [4.69, 9.17) is 0 Å². The number of rotatable bonds is 7. The first-order valence-electron chi connectivity index (χ1n) is 5.16. The smallest absolute Gasteiger partial charge is 0.220 e. The van der Waals surface area contributed by atoms with Crippen LogP contribution >= 0.6 is 27.3 Å². The molecular weight excluding hydrogens is 274 g/mol. The van der Waals surface area contributed by atoms with Crippen molar-refractivity contribution >= 4 is 33.2 Å². The van der Waals surface area contributed by atoms with E-state index in [1.807, 2.05) is 0 Å². The van der Waals surface area contributed by atoms with Crippen LogP contribution in [0.15, 0.2) is 16.8 Å². The number of carbonyl (C=O) groups is 1. The first kappa shape index (κ1) is 12.7. The van der Waals surface area contributed by atoms with E-state index in [0.717, 1.165) is 31.1 Å². The Morgan fingerprint density at radius 3 is 3.00 bits per heavy atom. The highest BCUT2D eigenvalue weighted by atomic mass is 79.9. The van der Waals surface area contributed by atoms with Crippen LogP contribution in [-0.4, -0.2) is 17.8 Å². The van der Waals surface area contributed by atoms with Crippen LogP contribution in [0, 0.1) is 0 Å². The molecule has 84 valence electrons. The Labute approximate surface area is 103 Å². The standard InChI is InChI=1S/C11H16BrNOS/c12-6-2-1-3-11(14)13-7-4-10-5-8-15-9-10/h5,8-9H,1-4,6-7H2,(H,13,14). The Morgan fingerprint density at radius 2 is 2.33 bits per heavy atom. The lowest BCUT2D eigenvalue weighted by Crippen LogP contribution is -2.25. The maximum Gasteiger partial charge on any atom is 0.220 e. The van der Waals surface area contributed by atoms with Crippen molar-refractivity contribution < 1.29 is 4.79 Å². The van der Waals surface area contributed by atoms with Gasteiger partial charge in [-0.3, -0.25) is 4.79 Å². The first-order valence-corrected chi connectivity index (χ1v) is 7.23. The molecule has 1 heterocycles. The van der Waals surface area contributed by atoms with Crippen LogP contribution in [-0.2, 0) is 11.2 Å². The van der Waals surface area contributed by atoms with E-state index in [2.05, 4.69) is 38.1 Å². The molecule has 0 spiro atoms. The molecule has 0 saturated carbocycles. The average Bonchev–Trinajstić information content (AvgIpc) is 2.71. The number of hydrogen-bond donors (Lipinski definition) is 1. The van der Waals surface area contributed by atoms with Crippen molar-refractivity contribution in [1.29, 1.82) is 0 Å². The van der Waals surface area contributed by atoms with Crippen LogP contribution in [0.25, 0.3) is 0 Å². The molecule has 0 unspecified atom stereocenters. The number of alkyl halides is 1. The molecule has 0 aliphatic rings. The van der Waals surface area contributed by atoms with Crippen LogP contribution in [0.1, 0.15) is 24.8 Å². The third-order valence-corrected chi connectivity index (χ3v) is 3.40. The zero-order valence-corrected chi connectivity index (χ0v) is 11.1. The number of nitrogens with one attached hydrogen (secondary N) is 1. The molecule has 1 aromatic rings. The van der Waals surface area contributed by atoms with Crippen molar-refractivity contribution in [2.45, 2.75) is 25.7 Å². The van der Waals surface area contributed by atoms with E-state index in [-0.39, 0.29) is 5.91 Å². The number of hydrogen-bond acceptors (Lipinski definition) is 2. The SMILES string of the molecule is O=C(CCCCBr)NCCc1ccsc1. The number of thiophene rings is 1. The predicted molar refractivity (Wildman–Crippen MR) is 68.7 cm³/mol. The molecule has 0 radical (unpaired) electrons. The predicted octanol–water partition coefficient (Wildman–Crippen LogP) is 2.97. The van der Waals surface area contributed by atoms with E-state index in [1.54, 1.807) is 11.3 Å². The normalized spacial score (nSPS) is 10.2. The van der Waals surface area contributed by atoms with Gasteiger partial charge in [-0.2, -0.15) is 11.3 Å². The van der Waals surface area contributed by atoms with Gasteiger partial charge in [0.25, 0.3) is 0 Å². The quantitative estimate of drug-likeness (QED) is 0.607. The summed E-state index contributed by atoms with van der Waals surface area (Å²) in [6.45, 7) is 0.754. The molecule has 0 saturated heterocycles. The molecule has 0 atom stereocenters. The van der Waals surface area contributed by atoms with Crippen molar-refractivity contribution in [3.8, 4) is 0 Å². The van der Waals surface area contributed by atoms with Crippen LogP contribution in [0.4, 0.5) is 0 Å². The third kappa shape index (κ3) is 5.95. The van der Waals surface area contributed by atoms with Gasteiger partial charge in [-0.25, -0.2) is 0 Å². The second-order valence-electron chi connectivity index (χ2n) is 3.38. The maximum atomic E-state index is 11.3. The molecule has 0 fully saturated rings. The van der Waals surface area contributed by atoms with Gasteiger partial charge in [0.1, 0.15) is 0 Å². The summed E-state index contributed by atoms with van der Waals surface area (Å²) in [6, 6.07) is 2.10. The average molecular weight is 290 g/mol. The Balaban J connectivity index is 2.02. The van der Waals surface area contributed by atoms with E-state index in [0.29, 0.717) is 6.42 Å². The van der Waals surface area contributed by atoms with Crippen LogP contribution in [0.5, 0.6) is 0 Å². The Hall–Kier alpha value is -0.350. The fraction of sp³-hybridized carbons (Fsp3) is 0.545. The number of unbranched alkanes of at least 4 members (excludes halogenated alkanes) is 1. The third-order valence-electron chi connectivity index (χ3n) is 2.10. The van der Waals surface area contributed by atoms with Crippen molar-refractivity contribution in [1.82, 2.24) is 5.32 Å². The summed E-state index contributed by atoms with van der Waals surface area (Å²) >= 11 is 5.05. The monoisotopic (exact) mass is 289 g/mol. The Morgan fingerprint density at radius 1 is 1.47 bits per heavy atom. The van der Waals surface area contributed by atoms with Gasteiger partial charge in [-0.05, 0) is 41.7 Å². The minimum atomic E-state index is 0.172. The van der Waals surface area contributed by atoms with E-state index in [9.17, 15) is 4.79 Å². The lowest BCUT2D eigenvalue weighted by atomic mass is 10.2. The molecule has 1 rings (SSSR count). The highest BCUT2D eigenvalue weighted by Crippen LogP contribution is 2.05. The molecule has 1 aromatic heterocycles. The number of halogens is 1. The largest absolute Gasteiger partial charge is 0.356 e. The molecule has 1 amide bonds. The number of amides is 1. The van der Waals surface area contributed by atoms with Gasteiger partial charge in [0.05, 0.1) is 0 Å². The molecular formula is C11H16BrNOS. The highest BCUT2D eigenvalue weighted by molar-refractivity contribution is 9.09. The lowest BCUT2D eigenvalue weighted by molar-refractivity contribution is -0.121. The van der Waals surface area contributed by atoms with Crippen molar-refractivity contribution in [3.05, 3.63) is 22.4 Å². The highest BCUT2D eigenvalue weighted by Gasteiger charge is 2.00. The van der Waals surface area contributed by atoms with Gasteiger partial charge in [-0.1, -0.05) is 15.9 Å². The van der Waals surface area contributed by atoms with Gasteiger partial charge in [0.15, 0.2) is 0 Å². The summed E-state index contributed by atoms with van der Waals surface area (Å²) in [6.07, 6.45) is 3.62. The molecule has 1 N–H and O–H groups in total. The molecule has 0 aliphatic carbocycles. The summed E-state index contributed by atoms with van der Waals surface area (Å²) in [5, 5.41) is 8.10. The molecule has 0 bridgehead atoms. The molecule has 0 aliphatic heterocycles. The minimum absolute atomic E-state index is 0.172. The maximum absolute atomic E-state index is 11.3. The second-order valence-corrected chi connectivity index (χ2v) is 4.95. The zero-order valence-electron chi connectivity index (χ0n) is 8.67. The van der Waals surface area contributed by atoms with E-state index >= 15 is 0 Å². The number of carbonyl (C=O) groups excluding carboxylic acids is 1. The van der Waals surface area contributed by atoms with Gasteiger partial charge in [0, 0.05) is 18.3 Å². The van der Waals surface area contributed by atoms with Gasteiger partial charge in [0.2, 0.25) is 5.91 Å². The molecule has 2 nitrogen and oxygen atoms in total. The van der Waals surface area contributed by atoms with Crippen LogP contribution in [0.3, 0.4) is 0 Å². The summed E-state index contributed by atoms with van der Waals surface area (Å²) in [5.74, 6) is 0.172. The fourth-order valence-electron chi connectivity index (χ4n) is 1.25. The summed E-state index contributed by atoms with van der Waals surface area (Å²) in [5.41, 5.74) is 1.31. The van der Waals surface area contributed by atoms with Crippen LogP contribution in [0.2, 0.25) is 0 Å². The van der Waals surface area contributed by atoms with Crippen molar-refractivity contribution in [3.63, 3.8) is 0 Å². The summed E-state index contributed by atoms with van der Waals surface area (Å²) in [7, 11) is 0. The van der Waals surface area contributed by atoms with Crippen molar-refractivity contribution in [2.75, 3.05) is 11.9 Å². The van der Waals surface area contributed by atoms with Gasteiger partial charge in [-0.15, -0.1) is 0 Å². The zero-order chi connectivity index (χ0) is 10.9. The summed E-state index contributed by atoms with van der Waals surface area (Å²) < 4.78 is 0. The Kier molecular flexibility index (Phi) is 6.68. The van der Waals surface area contributed by atoms with E-state index < -0.39 is 0 Å².